The number of carboxylic acids is 1. The molecule has 1 aromatic carbocycles. The predicted molar refractivity (Wildman–Crippen MR) is 80.9 cm³/mol. The first-order valence-corrected chi connectivity index (χ1v) is 8.85. The van der Waals surface area contributed by atoms with Crippen molar-refractivity contribution in [2.45, 2.75) is 31.7 Å². The van der Waals surface area contributed by atoms with E-state index in [9.17, 15) is 18.3 Å². The van der Waals surface area contributed by atoms with E-state index in [-0.39, 0.29) is 12.3 Å². The van der Waals surface area contributed by atoms with Crippen LogP contribution in [0.1, 0.15) is 24.8 Å². The van der Waals surface area contributed by atoms with Crippen molar-refractivity contribution in [3.8, 4) is 0 Å². The van der Waals surface area contributed by atoms with Crippen molar-refractivity contribution in [1.82, 2.24) is 4.31 Å². The van der Waals surface area contributed by atoms with Gasteiger partial charge in [-0.15, -0.1) is 0 Å². The van der Waals surface area contributed by atoms with Crippen molar-refractivity contribution in [2.24, 2.45) is 0 Å². The molecule has 1 saturated heterocycles. The van der Waals surface area contributed by atoms with Crippen molar-refractivity contribution in [2.75, 3.05) is 12.3 Å². The lowest BCUT2D eigenvalue weighted by molar-refractivity contribution is -0.142. The number of hydrogen-bond acceptors (Lipinski definition) is 3. The smallest absolute Gasteiger partial charge is 0.322 e. The number of nitrogens with zero attached hydrogens (tertiary/aromatic N) is 1. The number of aliphatic carboxylic acids is 1. The van der Waals surface area contributed by atoms with E-state index in [4.69, 9.17) is 11.6 Å². The van der Waals surface area contributed by atoms with Crippen LogP contribution in [0.3, 0.4) is 0 Å². The zero-order chi connectivity index (χ0) is 15.5. The molecular weight excluding hydrogens is 314 g/mol. The van der Waals surface area contributed by atoms with Gasteiger partial charge in [0.25, 0.3) is 0 Å². The van der Waals surface area contributed by atoms with Gasteiger partial charge in [0.15, 0.2) is 0 Å². The summed E-state index contributed by atoms with van der Waals surface area (Å²) in [5.74, 6) is -1.17. The summed E-state index contributed by atoms with van der Waals surface area (Å²) >= 11 is 5.87. The topological polar surface area (TPSA) is 74.7 Å². The fraction of sp³-hybridized carbons (Fsp3) is 0.500. The highest BCUT2D eigenvalue weighted by Gasteiger charge is 2.36. The third-order valence-electron chi connectivity index (χ3n) is 3.63. The van der Waals surface area contributed by atoms with Crippen molar-refractivity contribution < 1.29 is 18.3 Å². The predicted octanol–water partition coefficient (Wildman–Crippen LogP) is 2.15. The highest BCUT2D eigenvalue weighted by atomic mass is 35.5. The molecule has 0 aromatic heterocycles. The number of hydrogen-bond donors (Lipinski definition) is 1. The largest absolute Gasteiger partial charge is 0.480 e. The van der Waals surface area contributed by atoms with Gasteiger partial charge in [0, 0.05) is 11.6 Å². The lowest BCUT2D eigenvalue weighted by Crippen LogP contribution is -2.48. The summed E-state index contributed by atoms with van der Waals surface area (Å²) < 4.78 is 25.9. The maximum absolute atomic E-state index is 12.4. The van der Waals surface area contributed by atoms with Crippen molar-refractivity contribution in [3.63, 3.8) is 0 Å². The van der Waals surface area contributed by atoms with Crippen LogP contribution in [0.2, 0.25) is 5.02 Å². The Labute approximate surface area is 129 Å². The third-order valence-corrected chi connectivity index (χ3v) is 5.74. The van der Waals surface area contributed by atoms with Crippen LogP contribution in [-0.4, -0.2) is 42.1 Å². The summed E-state index contributed by atoms with van der Waals surface area (Å²) in [6.45, 7) is 0.287. The number of rotatable bonds is 5. The lowest BCUT2D eigenvalue weighted by Gasteiger charge is -2.31. The summed E-state index contributed by atoms with van der Waals surface area (Å²) in [6.07, 6.45) is 2.16. The second kappa shape index (κ2) is 6.77. The molecule has 0 bridgehead atoms. The first-order valence-electron chi connectivity index (χ1n) is 6.87. The molecule has 116 valence electrons. The molecule has 1 atom stereocenters. The van der Waals surface area contributed by atoms with Gasteiger partial charge in [-0.25, -0.2) is 8.42 Å². The van der Waals surface area contributed by atoms with E-state index in [1.54, 1.807) is 18.2 Å². The number of piperidine rings is 1. The number of benzene rings is 1. The molecule has 5 nitrogen and oxygen atoms in total. The highest BCUT2D eigenvalue weighted by molar-refractivity contribution is 7.89. The Kier molecular flexibility index (Phi) is 5.24. The van der Waals surface area contributed by atoms with Crippen LogP contribution >= 0.6 is 11.6 Å². The quantitative estimate of drug-likeness (QED) is 0.897. The number of aryl methyl sites for hydroxylation is 1. The molecule has 0 spiro atoms. The van der Waals surface area contributed by atoms with E-state index in [0.29, 0.717) is 24.3 Å². The van der Waals surface area contributed by atoms with Gasteiger partial charge in [0.2, 0.25) is 10.0 Å². The number of carboxylic acid groups (broad SMARTS) is 1. The standard InChI is InChI=1S/C14H18ClNO4S/c15-12-5-3-4-11(10-12)7-9-21(19,20)16-8-2-1-6-13(16)14(17)18/h3-5,10,13H,1-2,6-9H2,(H,17,18). The van der Waals surface area contributed by atoms with E-state index < -0.39 is 22.0 Å². The van der Waals surface area contributed by atoms with Crippen molar-refractivity contribution >= 4 is 27.6 Å². The Morgan fingerprint density at radius 3 is 2.81 bits per heavy atom. The maximum atomic E-state index is 12.4. The van der Waals surface area contributed by atoms with Crippen LogP contribution < -0.4 is 0 Å². The Hall–Kier alpha value is -1.11. The molecule has 0 saturated carbocycles. The van der Waals surface area contributed by atoms with Crippen LogP contribution in [0.15, 0.2) is 24.3 Å². The zero-order valence-electron chi connectivity index (χ0n) is 11.5. The Morgan fingerprint density at radius 2 is 2.14 bits per heavy atom. The Bertz CT molecular complexity index is 617. The fourth-order valence-corrected chi connectivity index (χ4v) is 4.47. The molecule has 1 heterocycles. The second-order valence-corrected chi connectivity index (χ2v) is 7.63. The van der Waals surface area contributed by atoms with Gasteiger partial charge in [-0.1, -0.05) is 23.7 Å². The van der Waals surface area contributed by atoms with Gasteiger partial charge in [0.1, 0.15) is 6.04 Å². The molecule has 1 fully saturated rings. The molecule has 0 aliphatic carbocycles. The molecule has 0 radical (unpaired) electrons. The zero-order valence-corrected chi connectivity index (χ0v) is 13.1. The normalized spacial score (nSPS) is 20.3. The number of halogens is 1. The average molecular weight is 332 g/mol. The van der Waals surface area contributed by atoms with E-state index in [2.05, 4.69) is 0 Å². The van der Waals surface area contributed by atoms with E-state index in [0.717, 1.165) is 16.3 Å². The van der Waals surface area contributed by atoms with Crippen molar-refractivity contribution in [1.29, 1.82) is 0 Å². The highest BCUT2D eigenvalue weighted by Crippen LogP contribution is 2.22. The van der Waals surface area contributed by atoms with Gasteiger partial charge in [0.05, 0.1) is 5.75 Å². The summed E-state index contributed by atoms with van der Waals surface area (Å²) in [6, 6.07) is 6.10. The molecule has 21 heavy (non-hydrogen) atoms. The van der Waals surface area contributed by atoms with Gasteiger partial charge >= 0.3 is 5.97 Å². The number of sulfonamides is 1. The first kappa shape index (κ1) is 16.3. The van der Waals surface area contributed by atoms with Gasteiger partial charge in [-0.05, 0) is 43.4 Å². The minimum Gasteiger partial charge on any atom is -0.480 e. The fourth-order valence-electron chi connectivity index (χ4n) is 2.54. The summed E-state index contributed by atoms with van der Waals surface area (Å²) in [5.41, 5.74) is 0.829. The number of carbonyl (C=O) groups is 1. The molecule has 1 aromatic rings. The minimum absolute atomic E-state index is 0.100. The maximum Gasteiger partial charge on any atom is 0.322 e. The van der Waals surface area contributed by atoms with E-state index in [1.807, 2.05) is 6.07 Å². The molecule has 7 heteroatoms. The van der Waals surface area contributed by atoms with E-state index >= 15 is 0 Å². The Morgan fingerprint density at radius 1 is 1.38 bits per heavy atom. The molecule has 1 aliphatic rings. The molecule has 1 N–H and O–H groups in total. The first-order chi connectivity index (χ1) is 9.90. The van der Waals surface area contributed by atoms with Crippen molar-refractivity contribution in [3.05, 3.63) is 34.9 Å². The summed E-state index contributed by atoms with van der Waals surface area (Å²) in [5, 5.41) is 9.73. The third kappa shape index (κ3) is 4.18. The Balaban J connectivity index is 2.08. The summed E-state index contributed by atoms with van der Waals surface area (Å²) in [4.78, 5) is 11.2. The van der Waals surface area contributed by atoms with Gasteiger partial charge in [-0.3, -0.25) is 4.79 Å². The lowest BCUT2D eigenvalue weighted by atomic mass is 10.1. The van der Waals surface area contributed by atoms with Crippen LogP contribution in [0.5, 0.6) is 0 Å². The molecule has 1 unspecified atom stereocenters. The van der Waals surface area contributed by atoms with Crippen LogP contribution in [-0.2, 0) is 21.2 Å². The van der Waals surface area contributed by atoms with Crippen LogP contribution in [0.4, 0.5) is 0 Å². The molecule has 1 aliphatic heterocycles. The van der Waals surface area contributed by atoms with E-state index in [1.165, 1.54) is 0 Å². The molecular formula is C14H18ClNO4S. The minimum atomic E-state index is -3.58. The second-order valence-electron chi connectivity index (χ2n) is 5.16. The average Bonchev–Trinajstić information content (AvgIpc) is 2.45. The van der Waals surface area contributed by atoms with Gasteiger partial charge < -0.3 is 5.11 Å². The van der Waals surface area contributed by atoms with Crippen LogP contribution in [0, 0.1) is 0 Å². The molecule has 0 amide bonds. The van der Waals surface area contributed by atoms with Gasteiger partial charge in [-0.2, -0.15) is 4.31 Å². The summed E-state index contributed by atoms with van der Waals surface area (Å²) in [7, 11) is -3.58. The SMILES string of the molecule is O=C(O)C1CCCCN1S(=O)(=O)CCc1cccc(Cl)c1. The monoisotopic (exact) mass is 331 g/mol. The van der Waals surface area contributed by atoms with Crippen LogP contribution in [0.25, 0.3) is 0 Å². The molecule has 2 rings (SSSR count).